The smallest absolute Gasteiger partial charge is 0.318 e. The van der Waals surface area contributed by atoms with Crippen molar-refractivity contribution in [2.24, 2.45) is 5.10 Å². The van der Waals surface area contributed by atoms with Crippen molar-refractivity contribution >= 4 is 46.2 Å². The molecule has 2 aromatic carbocycles. The van der Waals surface area contributed by atoms with E-state index in [1.165, 1.54) is 6.21 Å². The van der Waals surface area contributed by atoms with Gasteiger partial charge < -0.3 is 5.32 Å². The highest BCUT2D eigenvalue weighted by Crippen LogP contribution is 2.18. The highest BCUT2D eigenvalue weighted by molar-refractivity contribution is 6.39. The van der Waals surface area contributed by atoms with Crippen molar-refractivity contribution in [1.82, 2.24) is 10.4 Å². The minimum absolute atomic E-state index is 0.255. The Labute approximate surface area is 148 Å². The lowest BCUT2D eigenvalue weighted by molar-refractivity contribution is -0.136. The zero-order chi connectivity index (χ0) is 17.6. The number of hydrogen-bond donors (Lipinski definition) is 2. The van der Waals surface area contributed by atoms with Crippen LogP contribution in [0.1, 0.15) is 5.56 Å². The van der Waals surface area contributed by atoms with Gasteiger partial charge in [0.15, 0.2) is 0 Å². The molecule has 7 heteroatoms. The predicted octanol–water partition coefficient (Wildman–Crippen LogP) is 2.98. The Hall–Kier alpha value is -3.25. The Morgan fingerprint density at radius 2 is 1.72 bits per heavy atom. The lowest BCUT2D eigenvalue weighted by Crippen LogP contribution is -2.32. The molecule has 124 valence electrons. The van der Waals surface area contributed by atoms with Crippen LogP contribution in [0.25, 0.3) is 10.9 Å². The summed E-state index contributed by atoms with van der Waals surface area (Å²) in [4.78, 5) is 27.8. The van der Waals surface area contributed by atoms with Gasteiger partial charge in [-0.1, -0.05) is 48.0 Å². The summed E-state index contributed by atoms with van der Waals surface area (Å²) in [7, 11) is 0. The fourth-order valence-corrected chi connectivity index (χ4v) is 2.31. The van der Waals surface area contributed by atoms with Crippen molar-refractivity contribution in [2.75, 3.05) is 5.32 Å². The van der Waals surface area contributed by atoms with Crippen LogP contribution in [0.5, 0.6) is 0 Å². The normalized spacial score (nSPS) is 10.8. The summed E-state index contributed by atoms with van der Waals surface area (Å²) >= 11 is 6.09. The second-order valence-electron chi connectivity index (χ2n) is 5.08. The van der Waals surface area contributed by atoms with Crippen LogP contribution in [0.4, 0.5) is 5.69 Å². The van der Waals surface area contributed by atoms with E-state index in [1.54, 1.807) is 36.4 Å². The first kappa shape index (κ1) is 16.6. The first-order chi connectivity index (χ1) is 12.1. The predicted molar refractivity (Wildman–Crippen MR) is 97.6 cm³/mol. The molecule has 2 N–H and O–H groups in total. The van der Waals surface area contributed by atoms with Crippen LogP contribution in [0.15, 0.2) is 65.8 Å². The van der Waals surface area contributed by atoms with Crippen LogP contribution in [-0.4, -0.2) is 23.0 Å². The number of hydrogen-bond acceptors (Lipinski definition) is 4. The van der Waals surface area contributed by atoms with E-state index in [1.807, 2.05) is 24.3 Å². The highest BCUT2D eigenvalue weighted by Gasteiger charge is 2.12. The van der Waals surface area contributed by atoms with Crippen molar-refractivity contribution in [3.63, 3.8) is 0 Å². The monoisotopic (exact) mass is 352 g/mol. The van der Waals surface area contributed by atoms with Crippen LogP contribution in [0.3, 0.4) is 0 Å². The molecule has 0 atom stereocenters. The average Bonchev–Trinajstić information content (AvgIpc) is 2.62. The van der Waals surface area contributed by atoms with Crippen molar-refractivity contribution in [3.8, 4) is 0 Å². The minimum atomic E-state index is -0.884. The number of fused-ring (bicyclic) bond motifs is 1. The van der Waals surface area contributed by atoms with Gasteiger partial charge >= 0.3 is 11.8 Å². The molecular formula is C18H13ClN4O2. The van der Waals surface area contributed by atoms with Gasteiger partial charge in [0.2, 0.25) is 0 Å². The molecule has 0 unspecified atom stereocenters. The van der Waals surface area contributed by atoms with E-state index in [0.29, 0.717) is 11.3 Å². The lowest BCUT2D eigenvalue weighted by atomic mass is 10.2. The Morgan fingerprint density at radius 3 is 2.52 bits per heavy atom. The van der Waals surface area contributed by atoms with Gasteiger partial charge in [-0.15, -0.1) is 0 Å². The Kier molecular flexibility index (Phi) is 5.01. The maximum absolute atomic E-state index is 11.8. The number of carbonyl (C=O) groups excluding carboxylic acids is 2. The number of carbonyl (C=O) groups is 2. The molecule has 0 fully saturated rings. The average molecular weight is 353 g/mol. The van der Waals surface area contributed by atoms with Gasteiger partial charge in [-0.05, 0) is 24.3 Å². The summed E-state index contributed by atoms with van der Waals surface area (Å²) < 4.78 is 0. The summed E-state index contributed by atoms with van der Waals surface area (Å²) in [6, 6.07) is 17.9. The molecule has 25 heavy (non-hydrogen) atoms. The number of benzene rings is 2. The molecule has 0 saturated carbocycles. The van der Waals surface area contributed by atoms with Crippen LogP contribution < -0.4 is 10.7 Å². The van der Waals surface area contributed by atoms with Gasteiger partial charge in [-0.2, -0.15) is 5.10 Å². The molecule has 2 amide bonds. The summed E-state index contributed by atoms with van der Waals surface area (Å²) in [5.41, 5.74) is 3.97. The van der Waals surface area contributed by atoms with E-state index in [-0.39, 0.29) is 5.15 Å². The number of hydrazone groups is 1. The van der Waals surface area contributed by atoms with Crippen LogP contribution >= 0.6 is 11.6 Å². The van der Waals surface area contributed by atoms with E-state index in [9.17, 15) is 9.59 Å². The molecule has 0 spiro atoms. The third kappa shape index (κ3) is 4.19. The maximum Gasteiger partial charge on any atom is 0.329 e. The fourth-order valence-electron chi connectivity index (χ4n) is 2.12. The summed E-state index contributed by atoms with van der Waals surface area (Å²) in [5.74, 6) is -1.70. The number of nitrogens with one attached hydrogen (secondary N) is 2. The molecule has 1 aromatic heterocycles. The standard InChI is InChI=1S/C18H13ClN4O2/c19-16-13(10-12-6-4-5-9-15(12)22-16)11-20-23-18(25)17(24)21-14-7-2-1-3-8-14/h1-11H,(H,21,24)(H,23,25)/b20-11+. The van der Waals surface area contributed by atoms with Gasteiger partial charge in [0.25, 0.3) is 0 Å². The zero-order valence-electron chi connectivity index (χ0n) is 12.9. The molecule has 0 aliphatic carbocycles. The number of rotatable bonds is 3. The molecule has 0 saturated heterocycles. The third-order valence-corrected chi connectivity index (χ3v) is 3.61. The Bertz CT molecular complexity index is 958. The van der Waals surface area contributed by atoms with E-state index < -0.39 is 11.8 Å². The van der Waals surface area contributed by atoms with Crippen LogP contribution in [0, 0.1) is 0 Å². The van der Waals surface area contributed by atoms with E-state index >= 15 is 0 Å². The number of pyridine rings is 1. The van der Waals surface area contributed by atoms with Crippen molar-refractivity contribution in [1.29, 1.82) is 0 Å². The number of anilines is 1. The first-order valence-electron chi connectivity index (χ1n) is 7.38. The molecule has 0 aliphatic rings. The van der Waals surface area contributed by atoms with Gasteiger partial charge in [0.05, 0.1) is 11.7 Å². The van der Waals surface area contributed by atoms with Gasteiger partial charge in [-0.3, -0.25) is 9.59 Å². The van der Waals surface area contributed by atoms with Gasteiger partial charge in [-0.25, -0.2) is 10.4 Å². The SMILES string of the molecule is O=C(N/N=C/c1cc2ccccc2nc1Cl)C(=O)Nc1ccccc1. The molecule has 3 aromatic rings. The number of nitrogens with zero attached hydrogens (tertiary/aromatic N) is 2. The third-order valence-electron chi connectivity index (χ3n) is 3.31. The highest BCUT2D eigenvalue weighted by atomic mass is 35.5. The van der Waals surface area contributed by atoms with Gasteiger partial charge in [0, 0.05) is 16.6 Å². The largest absolute Gasteiger partial charge is 0.329 e. The lowest BCUT2D eigenvalue weighted by Gasteiger charge is -2.03. The van der Waals surface area contributed by atoms with Crippen molar-refractivity contribution in [2.45, 2.75) is 0 Å². The summed E-state index contributed by atoms with van der Waals surface area (Å²) in [5, 5.41) is 7.37. The summed E-state index contributed by atoms with van der Waals surface area (Å²) in [6.45, 7) is 0. The molecular weight excluding hydrogens is 340 g/mol. The van der Waals surface area contributed by atoms with E-state index in [2.05, 4.69) is 20.8 Å². The van der Waals surface area contributed by atoms with Crippen LogP contribution in [-0.2, 0) is 9.59 Å². The molecule has 6 nitrogen and oxygen atoms in total. The number of halogens is 1. The molecule has 0 bridgehead atoms. The zero-order valence-corrected chi connectivity index (χ0v) is 13.7. The molecule has 0 radical (unpaired) electrons. The second kappa shape index (κ2) is 7.55. The maximum atomic E-state index is 11.8. The molecule has 3 rings (SSSR count). The number of para-hydroxylation sites is 2. The minimum Gasteiger partial charge on any atom is -0.318 e. The van der Waals surface area contributed by atoms with Gasteiger partial charge in [0.1, 0.15) is 5.15 Å². The molecule has 1 heterocycles. The Balaban J connectivity index is 1.65. The van der Waals surface area contributed by atoms with Crippen molar-refractivity contribution in [3.05, 3.63) is 71.4 Å². The summed E-state index contributed by atoms with van der Waals surface area (Å²) in [6.07, 6.45) is 1.34. The van der Waals surface area contributed by atoms with Crippen molar-refractivity contribution < 1.29 is 9.59 Å². The number of amides is 2. The Morgan fingerprint density at radius 1 is 1.00 bits per heavy atom. The first-order valence-corrected chi connectivity index (χ1v) is 7.76. The quantitative estimate of drug-likeness (QED) is 0.329. The second-order valence-corrected chi connectivity index (χ2v) is 5.44. The van der Waals surface area contributed by atoms with E-state index in [0.717, 1.165) is 10.9 Å². The topological polar surface area (TPSA) is 83.5 Å². The van der Waals surface area contributed by atoms with E-state index in [4.69, 9.17) is 11.6 Å². The number of aromatic nitrogens is 1. The molecule has 0 aliphatic heterocycles. The fraction of sp³-hybridized carbons (Fsp3) is 0. The van der Waals surface area contributed by atoms with Crippen LogP contribution in [0.2, 0.25) is 5.15 Å².